The summed E-state index contributed by atoms with van der Waals surface area (Å²) in [7, 11) is -4.17. The van der Waals surface area contributed by atoms with E-state index in [1.165, 1.54) is 0 Å². The van der Waals surface area contributed by atoms with E-state index in [0.717, 1.165) is 25.1 Å². The van der Waals surface area contributed by atoms with E-state index >= 15 is 0 Å². The number of aliphatic carboxylic acids is 1. The van der Waals surface area contributed by atoms with Crippen LogP contribution < -0.4 is 10.0 Å². The number of anilines is 1. The summed E-state index contributed by atoms with van der Waals surface area (Å²) in [6.07, 6.45) is 0.105. The molecule has 128 valence electrons. The number of carbonyl (C=O) groups is 2. The summed E-state index contributed by atoms with van der Waals surface area (Å²) in [5, 5.41) is 11.3. The first-order valence-corrected chi connectivity index (χ1v) is 8.33. The Morgan fingerprint density at radius 3 is 2.39 bits per heavy atom. The van der Waals surface area contributed by atoms with Gasteiger partial charge in [0, 0.05) is 6.92 Å². The van der Waals surface area contributed by atoms with Gasteiger partial charge in [-0.3, -0.25) is 9.59 Å². The Balaban J connectivity index is 3.12. The minimum atomic E-state index is -4.17. The number of hydrogen-bond donors (Lipinski definition) is 3. The number of amides is 1. The number of hydrogen-bond acceptors (Lipinski definition) is 4. The van der Waals surface area contributed by atoms with Crippen LogP contribution in [0.5, 0.6) is 0 Å². The fourth-order valence-corrected chi connectivity index (χ4v) is 3.11. The second-order valence-electron chi connectivity index (χ2n) is 5.46. The van der Waals surface area contributed by atoms with Crippen LogP contribution in [0.25, 0.3) is 0 Å². The zero-order valence-electron chi connectivity index (χ0n) is 13.0. The predicted molar refractivity (Wildman–Crippen MR) is 81.9 cm³/mol. The molecule has 1 rings (SSSR count). The van der Waals surface area contributed by atoms with E-state index in [1.807, 2.05) is 0 Å². The Morgan fingerprint density at radius 2 is 1.91 bits per heavy atom. The number of carbonyl (C=O) groups excluding carboxylic acids is 1. The number of carboxylic acids is 1. The molecule has 0 bridgehead atoms. The Morgan fingerprint density at radius 1 is 1.30 bits per heavy atom. The first kappa shape index (κ1) is 19.0. The highest BCUT2D eigenvalue weighted by Crippen LogP contribution is 2.20. The van der Waals surface area contributed by atoms with Gasteiger partial charge in [-0.1, -0.05) is 13.8 Å². The van der Waals surface area contributed by atoms with Crippen LogP contribution in [0, 0.1) is 11.7 Å². The maximum atomic E-state index is 13.6. The number of carboxylic acid groups (broad SMARTS) is 1. The van der Waals surface area contributed by atoms with Gasteiger partial charge in [-0.25, -0.2) is 12.8 Å². The van der Waals surface area contributed by atoms with E-state index in [-0.39, 0.29) is 22.9 Å². The molecule has 0 unspecified atom stereocenters. The van der Waals surface area contributed by atoms with Crippen molar-refractivity contribution in [2.75, 3.05) is 5.32 Å². The SMILES string of the molecule is CC(=O)Nc1cc(S(=O)(=O)N[C@H](CC(C)C)C(=O)O)ccc1F. The van der Waals surface area contributed by atoms with Crippen molar-refractivity contribution in [3.8, 4) is 0 Å². The summed E-state index contributed by atoms with van der Waals surface area (Å²) in [5.74, 6) is -2.70. The lowest BCUT2D eigenvalue weighted by molar-refractivity contribution is -0.139. The van der Waals surface area contributed by atoms with Gasteiger partial charge in [0.1, 0.15) is 11.9 Å². The molecule has 3 N–H and O–H groups in total. The summed E-state index contributed by atoms with van der Waals surface area (Å²) in [4.78, 5) is 21.8. The maximum absolute atomic E-state index is 13.6. The molecule has 0 saturated heterocycles. The van der Waals surface area contributed by atoms with E-state index in [1.54, 1.807) is 13.8 Å². The third-order valence-electron chi connectivity index (χ3n) is 2.86. The minimum absolute atomic E-state index is 0.0399. The van der Waals surface area contributed by atoms with Crippen molar-refractivity contribution in [3.63, 3.8) is 0 Å². The predicted octanol–water partition coefficient (Wildman–Crippen LogP) is 1.56. The molecule has 0 aliphatic carbocycles. The van der Waals surface area contributed by atoms with Gasteiger partial charge in [0.2, 0.25) is 15.9 Å². The van der Waals surface area contributed by atoms with Gasteiger partial charge in [0.15, 0.2) is 0 Å². The van der Waals surface area contributed by atoms with Crippen LogP contribution in [0.4, 0.5) is 10.1 Å². The third kappa shape index (κ3) is 5.61. The van der Waals surface area contributed by atoms with Gasteiger partial charge in [0.05, 0.1) is 10.6 Å². The molecule has 9 heteroatoms. The van der Waals surface area contributed by atoms with Gasteiger partial charge < -0.3 is 10.4 Å². The van der Waals surface area contributed by atoms with E-state index in [9.17, 15) is 22.4 Å². The van der Waals surface area contributed by atoms with Crippen LogP contribution >= 0.6 is 0 Å². The van der Waals surface area contributed by atoms with Crippen molar-refractivity contribution in [2.24, 2.45) is 5.92 Å². The smallest absolute Gasteiger partial charge is 0.321 e. The van der Waals surface area contributed by atoms with Crippen LogP contribution in [0.2, 0.25) is 0 Å². The first-order chi connectivity index (χ1) is 10.5. The van der Waals surface area contributed by atoms with E-state index in [2.05, 4.69) is 10.0 Å². The van der Waals surface area contributed by atoms with Crippen molar-refractivity contribution in [2.45, 2.75) is 38.1 Å². The average molecular weight is 346 g/mol. The van der Waals surface area contributed by atoms with Crippen molar-refractivity contribution in [1.29, 1.82) is 0 Å². The lowest BCUT2D eigenvalue weighted by Gasteiger charge is -2.17. The molecular weight excluding hydrogens is 327 g/mol. The van der Waals surface area contributed by atoms with Gasteiger partial charge >= 0.3 is 5.97 Å². The number of nitrogens with one attached hydrogen (secondary N) is 2. The van der Waals surface area contributed by atoms with Crippen molar-refractivity contribution < 1.29 is 27.5 Å². The van der Waals surface area contributed by atoms with Gasteiger partial charge in [0.25, 0.3) is 0 Å². The maximum Gasteiger partial charge on any atom is 0.321 e. The van der Waals surface area contributed by atoms with E-state index in [4.69, 9.17) is 5.11 Å². The van der Waals surface area contributed by atoms with E-state index in [0.29, 0.717) is 0 Å². The second kappa shape index (κ2) is 7.51. The standard InChI is InChI=1S/C14H19FN2O5S/c1-8(2)6-13(14(19)20)17-23(21,22)10-4-5-11(15)12(7-10)16-9(3)18/h4-5,7-8,13,17H,6H2,1-3H3,(H,16,18)(H,19,20)/t13-/m1/s1. The number of benzene rings is 1. The Labute approximate surface area is 133 Å². The second-order valence-corrected chi connectivity index (χ2v) is 7.18. The molecule has 7 nitrogen and oxygen atoms in total. The van der Waals surface area contributed by atoms with Gasteiger partial charge in [-0.15, -0.1) is 0 Å². The van der Waals surface area contributed by atoms with Crippen molar-refractivity contribution >= 4 is 27.6 Å². The lowest BCUT2D eigenvalue weighted by atomic mass is 10.1. The number of sulfonamides is 1. The Kier molecular flexibility index (Phi) is 6.22. The zero-order valence-corrected chi connectivity index (χ0v) is 13.8. The molecule has 0 heterocycles. The third-order valence-corrected chi connectivity index (χ3v) is 4.33. The van der Waals surface area contributed by atoms with Crippen LogP contribution in [-0.2, 0) is 19.6 Å². The van der Waals surface area contributed by atoms with Crippen LogP contribution in [0.3, 0.4) is 0 Å². The summed E-state index contributed by atoms with van der Waals surface area (Å²) in [6, 6.07) is 1.53. The van der Waals surface area contributed by atoms with Gasteiger partial charge in [-0.05, 0) is 30.5 Å². The molecule has 0 fully saturated rings. The molecule has 0 spiro atoms. The normalized spacial score (nSPS) is 12.9. The number of halogens is 1. The molecular formula is C14H19FN2O5S. The lowest BCUT2D eigenvalue weighted by Crippen LogP contribution is -2.41. The van der Waals surface area contributed by atoms with Crippen LogP contribution in [0.15, 0.2) is 23.1 Å². The monoisotopic (exact) mass is 346 g/mol. The highest BCUT2D eigenvalue weighted by atomic mass is 32.2. The molecule has 0 saturated carbocycles. The van der Waals surface area contributed by atoms with Crippen LogP contribution in [-0.4, -0.2) is 31.4 Å². The van der Waals surface area contributed by atoms with Crippen LogP contribution in [0.1, 0.15) is 27.2 Å². The van der Waals surface area contributed by atoms with Crippen molar-refractivity contribution in [3.05, 3.63) is 24.0 Å². The fraction of sp³-hybridized carbons (Fsp3) is 0.429. The molecule has 0 aliphatic heterocycles. The molecule has 23 heavy (non-hydrogen) atoms. The molecule has 1 aromatic rings. The fourth-order valence-electron chi connectivity index (χ4n) is 1.88. The van der Waals surface area contributed by atoms with Gasteiger partial charge in [-0.2, -0.15) is 4.72 Å². The molecule has 1 atom stereocenters. The highest BCUT2D eigenvalue weighted by Gasteiger charge is 2.26. The molecule has 0 radical (unpaired) electrons. The summed E-state index contributed by atoms with van der Waals surface area (Å²) < 4.78 is 40.2. The molecule has 1 amide bonds. The minimum Gasteiger partial charge on any atom is -0.480 e. The van der Waals surface area contributed by atoms with E-state index < -0.39 is 33.8 Å². The largest absolute Gasteiger partial charge is 0.480 e. The van der Waals surface area contributed by atoms with Crippen molar-refractivity contribution in [1.82, 2.24) is 4.72 Å². The quantitative estimate of drug-likeness (QED) is 0.693. The average Bonchev–Trinajstić information content (AvgIpc) is 2.38. The molecule has 1 aromatic carbocycles. The molecule has 0 aliphatic rings. The topological polar surface area (TPSA) is 113 Å². The Bertz CT molecular complexity index is 703. The summed E-state index contributed by atoms with van der Waals surface area (Å²) >= 11 is 0. The Hall–Kier alpha value is -2.00. The molecule has 0 aromatic heterocycles. The summed E-state index contributed by atoms with van der Waals surface area (Å²) in [5.41, 5.74) is -0.295. The zero-order chi connectivity index (χ0) is 17.8. The number of rotatable bonds is 7. The summed E-state index contributed by atoms with van der Waals surface area (Å²) in [6.45, 7) is 4.68. The highest BCUT2D eigenvalue weighted by molar-refractivity contribution is 7.89. The first-order valence-electron chi connectivity index (χ1n) is 6.85.